The van der Waals surface area contributed by atoms with Gasteiger partial charge in [-0.05, 0) is 68.6 Å². The van der Waals surface area contributed by atoms with Crippen LogP contribution in [-0.4, -0.2) is 34.2 Å². The van der Waals surface area contributed by atoms with Gasteiger partial charge in [-0.3, -0.25) is 9.59 Å². The van der Waals surface area contributed by atoms with Crippen LogP contribution in [0.2, 0.25) is 0 Å². The van der Waals surface area contributed by atoms with Crippen LogP contribution in [0.5, 0.6) is 0 Å². The molecule has 2 N–H and O–H groups in total. The number of rotatable bonds is 7. The Balaban J connectivity index is 1.33. The summed E-state index contributed by atoms with van der Waals surface area (Å²) in [6.07, 6.45) is 0. The highest BCUT2D eigenvalue weighted by Gasteiger charge is 2.17. The van der Waals surface area contributed by atoms with Crippen LogP contribution in [0.15, 0.2) is 66.0 Å². The van der Waals surface area contributed by atoms with Gasteiger partial charge in [0.2, 0.25) is 0 Å². The topological polar surface area (TPSA) is 102 Å². The summed E-state index contributed by atoms with van der Waals surface area (Å²) in [5.41, 5.74) is 4.86. The third-order valence-corrected chi connectivity index (χ3v) is 6.16. The van der Waals surface area contributed by atoms with Crippen LogP contribution >= 0.6 is 11.3 Å². The van der Waals surface area contributed by atoms with Gasteiger partial charge in [0, 0.05) is 5.69 Å². The fraction of sp³-hybridized carbons (Fsp3) is 0.154. The van der Waals surface area contributed by atoms with Crippen molar-refractivity contribution in [2.75, 3.05) is 17.2 Å². The van der Waals surface area contributed by atoms with Gasteiger partial charge in [-0.15, -0.1) is 11.3 Å². The number of aryl methyl sites for hydroxylation is 2. The van der Waals surface area contributed by atoms with Crippen molar-refractivity contribution in [1.29, 1.82) is 0 Å². The Kier molecular flexibility index (Phi) is 7.07. The van der Waals surface area contributed by atoms with E-state index in [0.29, 0.717) is 21.9 Å². The second kappa shape index (κ2) is 10.4. The molecule has 8 nitrogen and oxygen atoms in total. The molecule has 2 aromatic carbocycles. The van der Waals surface area contributed by atoms with Gasteiger partial charge in [-0.25, -0.2) is 9.48 Å². The van der Waals surface area contributed by atoms with E-state index < -0.39 is 18.5 Å². The molecule has 0 saturated carbocycles. The normalized spacial score (nSPS) is 10.6. The first-order chi connectivity index (χ1) is 16.8. The summed E-state index contributed by atoms with van der Waals surface area (Å²) in [5.74, 6) is -1.32. The third-order valence-electron chi connectivity index (χ3n) is 5.29. The maximum atomic E-state index is 12.5. The van der Waals surface area contributed by atoms with Crippen LogP contribution in [-0.2, 0) is 9.53 Å². The zero-order valence-electron chi connectivity index (χ0n) is 19.5. The molecule has 2 aromatic heterocycles. The molecule has 0 radical (unpaired) electrons. The van der Waals surface area contributed by atoms with Crippen molar-refractivity contribution in [2.45, 2.75) is 20.8 Å². The molecule has 0 atom stereocenters. The van der Waals surface area contributed by atoms with Gasteiger partial charge >= 0.3 is 5.97 Å². The molecule has 2 amide bonds. The maximum Gasteiger partial charge on any atom is 0.338 e. The molecular formula is C26H24N4O4S. The molecule has 4 aromatic rings. The van der Waals surface area contributed by atoms with Gasteiger partial charge in [-0.1, -0.05) is 23.8 Å². The second-order valence-electron chi connectivity index (χ2n) is 7.93. The molecular weight excluding hydrogens is 464 g/mol. The number of thiophene rings is 1. The van der Waals surface area contributed by atoms with Crippen LogP contribution in [0.1, 0.15) is 37.0 Å². The van der Waals surface area contributed by atoms with Gasteiger partial charge in [0.05, 0.1) is 33.2 Å². The van der Waals surface area contributed by atoms with Gasteiger partial charge < -0.3 is 15.4 Å². The minimum atomic E-state index is -0.639. The summed E-state index contributed by atoms with van der Waals surface area (Å²) >= 11 is 1.34. The number of aromatic nitrogens is 2. The van der Waals surface area contributed by atoms with E-state index in [1.165, 1.54) is 23.5 Å². The average Bonchev–Trinajstić information content (AvgIpc) is 3.48. The molecule has 4 rings (SSSR count). The number of nitrogens with zero attached hydrogens (tertiary/aromatic N) is 2. The van der Waals surface area contributed by atoms with Crippen molar-refractivity contribution in [3.05, 3.63) is 93.4 Å². The quantitative estimate of drug-likeness (QED) is 0.360. The molecule has 0 fully saturated rings. The number of carbonyl (C=O) groups excluding carboxylic acids is 3. The first kappa shape index (κ1) is 23.9. The molecule has 35 heavy (non-hydrogen) atoms. The lowest BCUT2D eigenvalue weighted by molar-refractivity contribution is -0.119. The van der Waals surface area contributed by atoms with E-state index in [0.717, 1.165) is 16.9 Å². The van der Waals surface area contributed by atoms with E-state index in [-0.39, 0.29) is 11.5 Å². The Hall–Kier alpha value is -4.24. The largest absolute Gasteiger partial charge is 0.452 e. The van der Waals surface area contributed by atoms with Crippen molar-refractivity contribution >= 4 is 40.5 Å². The van der Waals surface area contributed by atoms with Crippen molar-refractivity contribution in [3.8, 4) is 5.69 Å². The lowest BCUT2D eigenvalue weighted by Crippen LogP contribution is -2.21. The predicted molar refractivity (Wildman–Crippen MR) is 135 cm³/mol. The average molecular weight is 489 g/mol. The monoisotopic (exact) mass is 488 g/mol. The predicted octanol–water partition coefficient (Wildman–Crippen LogP) is 4.91. The van der Waals surface area contributed by atoms with E-state index >= 15 is 0 Å². The highest BCUT2D eigenvalue weighted by molar-refractivity contribution is 7.12. The lowest BCUT2D eigenvalue weighted by Gasteiger charge is -2.09. The number of benzene rings is 2. The summed E-state index contributed by atoms with van der Waals surface area (Å²) in [6, 6.07) is 17.7. The summed E-state index contributed by atoms with van der Waals surface area (Å²) < 4.78 is 6.92. The van der Waals surface area contributed by atoms with Gasteiger partial charge in [-0.2, -0.15) is 5.10 Å². The maximum absolute atomic E-state index is 12.5. The van der Waals surface area contributed by atoms with Crippen LogP contribution < -0.4 is 10.6 Å². The Morgan fingerprint density at radius 2 is 1.66 bits per heavy atom. The number of anilines is 2. The number of ether oxygens (including phenoxy) is 1. The Morgan fingerprint density at radius 1 is 0.943 bits per heavy atom. The summed E-state index contributed by atoms with van der Waals surface area (Å²) in [4.78, 5) is 37.5. The SMILES string of the molecule is Cc1ccc(-n2nc(C)c(NC(=O)COC(=O)c3ccc(NC(=O)c4cccs4)cc3)c2C)cc1. The fourth-order valence-corrected chi connectivity index (χ4v) is 4.06. The third kappa shape index (κ3) is 5.64. The van der Waals surface area contributed by atoms with Gasteiger partial charge in [0.15, 0.2) is 6.61 Å². The first-order valence-electron chi connectivity index (χ1n) is 10.9. The zero-order chi connectivity index (χ0) is 24.9. The number of hydrogen-bond donors (Lipinski definition) is 2. The molecule has 178 valence electrons. The summed E-state index contributed by atoms with van der Waals surface area (Å²) in [7, 11) is 0. The molecule has 0 saturated heterocycles. The Morgan fingerprint density at radius 3 is 2.31 bits per heavy atom. The molecule has 0 aliphatic rings. The smallest absolute Gasteiger partial charge is 0.338 e. The minimum absolute atomic E-state index is 0.219. The van der Waals surface area contributed by atoms with E-state index in [2.05, 4.69) is 15.7 Å². The van der Waals surface area contributed by atoms with Crippen molar-refractivity contribution in [3.63, 3.8) is 0 Å². The molecule has 0 unspecified atom stereocenters. The summed E-state index contributed by atoms with van der Waals surface area (Å²) in [5, 5.41) is 11.9. The van der Waals surface area contributed by atoms with Crippen molar-refractivity contribution in [2.24, 2.45) is 0 Å². The molecule has 0 aliphatic carbocycles. The molecule has 0 bridgehead atoms. The van der Waals surface area contributed by atoms with Crippen LogP contribution in [0.3, 0.4) is 0 Å². The van der Waals surface area contributed by atoms with Gasteiger partial charge in [0.1, 0.15) is 0 Å². The highest BCUT2D eigenvalue weighted by Crippen LogP contribution is 2.23. The Bertz CT molecular complexity index is 1360. The van der Waals surface area contributed by atoms with Crippen molar-refractivity contribution < 1.29 is 19.1 Å². The van der Waals surface area contributed by atoms with Crippen LogP contribution in [0.25, 0.3) is 5.69 Å². The number of amides is 2. The molecule has 9 heteroatoms. The molecule has 0 aliphatic heterocycles. The van der Waals surface area contributed by atoms with E-state index in [1.54, 1.807) is 35.9 Å². The highest BCUT2D eigenvalue weighted by atomic mass is 32.1. The molecule has 2 heterocycles. The Labute approximate surface area is 206 Å². The number of nitrogens with one attached hydrogen (secondary N) is 2. The fourth-order valence-electron chi connectivity index (χ4n) is 3.44. The van der Waals surface area contributed by atoms with E-state index in [4.69, 9.17) is 4.74 Å². The van der Waals surface area contributed by atoms with Crippen LogP contribution in [0, 0.1) is 20.8 Å². The number of esters is 1. The molecule has 0 spiro atoms. The van der Waals surface area contributed by atoms with Crippen molar-refractivity contribution in [1.82, 2.24) is 9.78 Å². The number of carbonyl (C=O) groups is 3. The minimum Gasteiger partial charge on any atom is -0.452 e. The summed E-state index contributed by atoms with van der Waals surface area (Å²) in [6.45, 7) is 5.24. The lowest BCUT2D eigenvalue weighted by atomic mass is 10.2. The van der Waals surface area contributed by atoms with E-state index in [9.17, 15) is 14.4 Å². The zero-order valence-corrected chi connectivity index (χ0v) is 20.3. The van der Waals surface area contributed by atoms with Crippen LogP contribution in [0.4, 0.5) is 11.4 Å². The van der Waals surface area contributed by atoms with Gasteiger partial charge in [0.25, 0.3) is 11.8 Å². The number of hydrogen-bond acceptors (Lipinski definition) is 6. The standard InChI is InChI=1S/C26H24N4O4S/c1-16-6-12-21(13-7-16)30-18(3)24(17(2)29-30)28-23(31)15-34-26(33)19-8-10-20(11-9-19)27-25(32)22-5-4-14-35-22/h4-14H,15H2,1-3H3,(H,27,32)(H,28,31). The van der Waals surface area contributed by atoms with E-state index in [1.807, 2.05) is 43.5 Å². The second-order valence-corrected chi connectivity index (χ2v) is 8.87. The first-order valence-corrected chi connectivity index (χ1v) is 11.7.